The molecule has 0 bridgehead atoms. The largest absolute Gasteiger partial charge is 0.480 e. The van der Waals surface area contributed by atoms with Crippen molar-refractivity contribution >= 4 is 12.0 Å². The second-order valence-corrected chi connectivity index (χ2v) is 7.44. The number of urea groups is 1. The highest BCUT2D eigenvalue weighted by atomic mass is 16.4. The summed E-state index contributed by atoms with van der Waals surface area (Å²) in [4.78, 5) is 25.5. The highest BCUT2D eigenvalue weighted by molar-refractivity contribution is 5.86. The summed E-state index contributed by atoms with van der Waals surface area (Å²) in [6.07, 6.45) is 2.90. The number of nitrogens with one attached hydrogen (secondary N) is 1. The van der Waals surface area contributed by atoms with E-state index >= 15 is 0 Å². The zero-order chi connectivity index (χ0) is 15.6. The maximum absolute atomic E-state index is 12.3. The van der Waals surface area contributed by atoms with E-state index in [4.69, 9.17) is 0 Å². The van der Waals surface area contributed by atoms with Crippen molar-refractivity contribution in [2.24, 2.45) is 11.3 Å². The Morgan fingerprint density at radius 1 is 1.40 bits per heavy atom. The van der Waals surface area contributed by atoms with Gasteiger partial charge in [0.25, 0.3) is 0 Å². The molecule has 0 aliphatic heterocycles. The number of carboxylic acid groups (broad SMARTS) is 1. The monoisotopic (exact) mass is 284 g/mol. The Balaban J connectivity index is 2.76. The van der Waals surface area contributed by atoms with Gasteiger partial charge in [0.05, 0.1) is 0 Å². The Kier molecular flexibility index (Phi) is 5.05. The average molecular weight is 284 g/mol. The van der Waals surface area contributed by atoms with Crippen molar-refractivity contribution in [3.05, 3.63) is 0 Å². The minimum Gasteiger partial charge on any atom is -0.480 e. The Bertz CT molecular complexity index is 376. The summed E-state index contributed by atoms with van der Waals surface area (Å²) in [5, 5.41) is 12.3. The molecule has 5 nitrogen and oxygen atoms in total. The molecule has 0 aromatic carbocycles. The van der Waals surface area contributed by atoms with E-state index in [9.17, 15) is 14.7 Å². The number of aliphatic carboxylic acids is 1. The highest BCUT2D eigenvalue weighted by Gasteiger charge is 2.43. The van der Waals surface area contributed by atoms with Crippen LogP contribution in [0.5, 0.6) is 0 Å². The molecule has 116 valence electrons. The van der Waals surface area contributed by atoms with E-state index in [-0.39, 0.29) is 11.4 Å². The van der Waals surface area contributed by atoms with Crippen LogP contribution in [0.15, 0.2) is 0 Å². The molecule has 1 rings (SSSR count). The summed E-state index contributed by atoms with van der Waals surface area (Å²) >= 11 is 0. The van der Waals surface area contributed by atoms with E-state index in [0.717, 1.165) is 12.8 Å². The minimum absolute atomic E-state index is 0.0116. The van der Waals surface area contributed by atoms with E-state index in [1.54, 1.807) is 11.9 Å². The van der Waals surface area contributed by atoms with Gasteiger partial charge in [-0.15, -0.1) is 0 Å². The predicted octanol–water partition coefficient (Wildman–Crippen LogP) is 2.71. The molecule has 0 saturated heterocycles. The van der Waals surface area contributed by atoms with Gasteiger partial charge in [-0.25, -0.2) is 9.59 Å². The molecular weight excluding hydrogens is 256 g/mol. The Morgan fingerprint density at radius 3 is 2.45 bits per heavy atom. The Labute approximate surface area is 121 Å². The Hall–Kier alpha value is -1.26. The first-order valence-electron chi connectivity index (χ1n) is 7.32. The number of hydrogen-bond donors (Lipinski definition) is 2. The molecule has 0 aromatic heterocycles. The molecule has 1 aliphatic carbocycles. The van der Waals surface area contributed by atoms with Crippen LogP contribution in [0.2, 0.25) is 0 Å². The van der Waals surface area contributed by atoms with Crippen LogP contribution < -0.4 is 5.32 Å². The zero-order valence-corrected chi connectivity index (χ0v) is 13.3. The molecule has 1 saturated carbocycles. The lowest BCUT2D eigenvalue weighted by Gasteiger charge is -2.38. The van der Waals surface area contributed by atoms with Crippen molar-refractivity contribution in [2.45, 2.75) is 58.9 Å². The van der Waals surface area contributed by atoms with Crippen molar-refractivity contribution in [3.8, 4) is 0 Å². The topological polar surface area (TPSA) is 69.6 Å². The zero-order valence-electron chi connectivity index (χ0n) is 13.3. The van der Waals surface area contributed by atoms with Crippen molar-refractivity contribution in [2.75, 3.05) is 13.6 Å². The van der Waals surface area contributed by atoms with E-state index in [2.05, 4.69) is 5.32 Å². The average Bonchev–Trinajstić information content (AvgIpc) is 2.26. The lowest BCUT2D eigenvalue weighted by molar-refractivity contribution is -0.146. The van der Waals surface area contributed by atoms with Gasteiger partial charge < -0.3 is 15.3 Å². The summed E-state index contributed by atoms with van der Waals surface area (Å²) < 4.78 is 0. The van der Waals surface area contributed by atoms with Gasteiger partial charge in [0.15, 0.2) is 0 Å². The number of rotatable bonds is 3. The second kappa shape index (κ2) is 6.02. The first kappa shape index (κ1) is 16.8. The normalized spacial score (nSPS) is 26.9. The fraction of sp³-hybridized carbons (Fsp3) is 0.867. The molecule has 1 fully saturated rings. The maximum Gasteiger partial charge on any atom is 0.329 e. The lowest BCUT2D eigenvalue weighted by atomic mass is 9.76. The van der Waals surface area contributed by atoms with Crippen LogP contribution in [0.4, 0.5) is 4.79 Å². The van der Waals surface area contributed by atoms with Gasteiger partial charge >= 0.3 is 12.0 Å². The summed E-state index contributed by atoms with van der Waals surface area (Å²) in [5.41, 5.74) is -1.11. The molecule has 1 aliphatic rings. The van der Waals surface area contributed by atoms with Crippen LogP contribution >= 0.6 is 0 Å². The molecule has 0 heterocycles. The number of hydrogen-bond acceptors (Lipinski definition) is 2. The standard InChI is InChI=1S/C15H28N2O3/c1-11-7-6-8-15(9-11,12(18)19)16-13(20)17(5)10-14(2,3)4/h11H,6-10H2,1-5H3,(H,16,20)(H,18,19). The third-order valence-electron chi connectivity index (χ3n) is 3.81. The minimum atomic E-state index is -1.10. The first-order chi connectivity index (χ1) is 9.06. The number of carboxylic acids is 1. The van der Waals surface area contributed by atoms with Crippen LogP contribution in [0, 0.1) is 11.3 Å². The molecule has 20 heavy (non-hydrogen) atoms. The summed E-state index contributed by atoms with van der Waals surface area (Å²) in [6.45, 7) is 8.78. The van der Waals surface area contributed by atoms with Crippen molar-refractivity contribution < 1.29 is 14.7 Å². The fourth-order valence-electron chi connectivity index (χ4n) is 3.00. The molecule has 0 radical (unpaired) electrons. The second-order valence-electron chi connectivity index (χ2n) is 7.44. The van der Waals surface area contributed by atoms with Gasteiger partial charge in [-0.05, 0) is 24.2 Å². The van der Waals surface area contributed by atoms with E-state index < -0.39 is 11.5 Å². The van der Waals surface area contributed by atoms with E-state index in [1.165, 1.54) is 0 Å². The van der Waals surface area contributed by atoms with E-state index in [0.29, 0.717) is 25.3 Å². The van der Waals surface area contributed by atoms with E-state index in [1.807, 2.05) is 27.7 Å². The number of carbonyl (C=O) groups excluding carboxylic acids is 1. The number of nitrogens with zero attached hydrogens (tertiary/aromatic N) is 1. The molecule has 2 atom stereocenters. The van der Waals surface area contributed by atoms with Crippen LogP contribution in [0.1, 0.15) is 53.4 Å². The van der Waals surface area contributed by atoms with Crippen molar-refractivity contribution in [1.82, 2.24) is 10.2 Å². The molecule has 2 N–H and O–H groups in total. The van der Waals surface area contributed by atoms with Crippen LogP contribution in [0.3, 0.4) is 0 Å². The predicted molar refractivity (Wildman–Crippen MR) is 78.6 cm³/mol. The third kappa shape index (κ3) is 4.39. The SMILES string of the molecule is CC1CCCC(NC(=O)N(C)CC(C)(C)C)(C(=O)O)C1. The summed E-state index contributed by atoms with van der Waals surface area (Å²) in [7, 11) is 1.71. The molecule has 2 amide bonds. The molecule has 0 aromatic rings. The van der Waals surface area contributed by atoms with Crippen molar-refractivity contribution in [3.63, 3.8) is 0 Å². The highest BCUT2D eigenvalue weighted by Crippen LogP contribution is 2.32. The molecular formula is C15H28N2O3. The third-order valence-corrected chi connectivity index (χ3v) is 3.81. The smallest absolute Gasteiger partial charge is 0.329 e. The summed E-state index contributed by atoms with van der Waals surface area (Å²) in [6, 6.07) is -0.295. The maximum atomic E-state index is 12.3. The van der Waals surface area contributed by atoms with Crippen molar-refractivity contribution in [1.29, 1.82) is 0 Å². The molecule has 5 heteroatoms. The Morgan fingerprint density at radius 2 is 2.00 bits per heavy atom. The summed E-state index contributed by atoms with van der Waals surface area (Å²) in [5.74, 6) is -0.588. The van der Waals surface area contributed by atoms with Gasteiger partial charge in [-0.2, -0.15) is 0 Å². The number of carbonyl (C=O) groups is 2. The fourth-order valence-corrected chi connectivity index (χ4v) is 3.00. The van der Waals surface area contributed by atoms with Gasteiger partial charge in [-0.3, -0.25) is 0 Å². The lowest BCUT2D eigenvalue weighted by Crippen LogP contribution is -2.59. The van der Waals surface area contributed by atoms with Gasteiger partial charge in [0.1, 0.15) is 5.54 Å². The van der Waals surface area contributed by atoms with Gasteiger partial charge in [0.2, 0.25) is 0 Å². The molecule has 0 spiro atoms. The van der Waals surface area contributed by atoms with Crippen LogP contribution in [0.25, 0.3) is 0 Å². The number of amides is 2. The van der Waals surface area contributed by atoms with Crippen LogP contribution in [-0.2, 0) is 4.79 Å². The van der Waals surface area contributed by atoms with Crippen LogP contribution in [-0.4, -0.2) is 41.1 Å². The van der Waals surface area contributed by atoms with Gasteiger partial charge in [-0.1, -0.05) is 40.5 Å². The van der Waals surface area contributed by atoms with Gasteiger partial charge in [0, 0.05) is 13.6 Å². The first-order valence-corrected chi connectivity index (χ1v) is 7.32. The quantitative estimate of drug-likeness (QED) is 0.837. The molecule has 2 unspecified atom stereocenters.